The van der Waals surface area contributed by atoms with Gasteiger partial charge in [-0.05, 0) is 50.5 Å². The highest BCUT2D eigenvalue weighted by Crippen LogP contribution is 2.30. The predicted octanol–water partition coefficient (Wildman–Crippen LogP) is 3.54. The van der Waals surface area contributed by atoms with Gasteiger partial charge in [0.25, 0.3) is 5.56 Å². The SMILES string of the molecule is Cc1nc(=S)n2c3oc4c(c3c(=O)n(-c3ccccc3)c2n1)CCCC4. The Labute approximate surface area is 153 Å². The van der Waals surface area contributed by atoms with Crippen LogP contribution in [0.2, 0.25) is 0 Å². The minimum Gasteiger partial charge on any atom is -0.443 e. The van der Waals surface area contributed by atoms with Crippen LogP contribution in [-0.4, -0.2) is 18.9 Å². The first kappa shape index (κ1) is 15.5. The second kappa shape index (κ2) is 5.60. The van der Waals surface area contributed by atoms with Gasteiger partial charge in [-0.3, -0.25) is 4.79 Å². The quantitative estimate of drug-likeness (QED) is 0.483. The smallest absolute Gasteiger partial charge is 0.271 e. The van der Waals surface area contributed by atoms with E-state index in [4.69, 9.17) is 16.6 Å². The second-order valence-electron chi connectivity index (χ2n) is 6.56. The first-order valence-corrected chi connectivity index (χ1v) is 9.08. The topological polar surface area (TPSA) is 65.3 Å². The van der Waals surface area contributed by atoms with E-state index in [0.717, 1.165) is 42.7 Å². The number of fused-ring (bicyclic) bond motifs is 5. The molecule has 0 N–H and O–H groups in total. The summed E-state index contributed by atoms with van der Waals surface area (Å²) in [5.74, 6) is 1.84. The van der Waals surface area contributed by atoms with Crippen LogP contribution in [-0.2, 0) is 12.8 Å². The fourth-order valence-electron chi connectivity index (χ4n) is 3.76. The fourth-order valence-corrected chi connectivity index (χ4v) is 4.06. The van der Waals surface area contributed by atoms with Crippen LogP contribution in [0.3, 0.4) is 0 Å². The maximum atomic E-state index is 13.5. The molecule has 0 bridgehead atoms. The van der Waals surface area contributed by atoms with Gasteiger partial charge in [0.1, 0.15) is 17.0 Å². The van der Waals surface area contributed by atoms with Gasteiger partial charge < -0.3 is 4.42 Å². The third kappa shape index (κ3) is 2.10. The lowest BCUT2D eigenvalue weighted by atomic mass is 9.97. The maximum absolute atomic E-state index is 13.5. The first-order chi connectivity index (χ1) is 12.6. The van der Waals surface area contributed by atoms with Crippen LogP contribution in [0, 0.1) is 11.7 Å². The summed E-state index contributed by atoms with van der Waals surface area (Å²) >= 11 is 5.50. The molecule has 3 heterocycles. The van der Waals surface area contributed by atoms with Crippen LogP contribution < -0.4 is 5.56 Å². The minimum absolute atomic E-state index is 0.120. The second-order valence-corrected chi connectivity index (χ2v) is 6.92. The number of benzene rings is 1. The molecule has 0 radical (unpaired) electrons. The lowest BCUT2D eigenvalue weighted by Crippen LogP contribution is -2.24. The zero-order valence-corrected chi connectivity index (χ0v) is 15.0. The molecule has 6 nitrogen and oxygen atoms in total. The number of rotatable bonds is 1. The average Bonchev–Trinajstić information content (AvgIpc) is 3.01. The molecule has 0 unspecified atom stereocenters. The zero-order valence-electron chi connectivity index (χ0n) is 14.2. The molecule has 0 atom stereocenters. The van der Waals surface area contributed by atoms with Gasteiger partial charge in [-0.1, -0.05) is 18.2 Å². The van der Waals surface area contributed by atoms with Gasteiger partial charge in [0.05, 0.1) is 5.69 Å². The highest BCUT2D eigenvalue weighted by molar-refractivity contribution is 7.71. The molecule has 0 spiro atoms. The lowest BCUT2D eigenvalue weighted by Gasteiger charge is -2.12. The maximum Gasteiger partial charge on any atom is 0.271 e. The van der Waals surface area contributed by atoms with Gasteiger partial charge in [0.2, 0.25) is 16.3 Å². The van der Waals surface area contributed by atoms with Gasteiger partial charge in [-0.25, -0.2) is 14.0 Å². The summed E-state index contributed by atoms with van der Waals surface area (Å²) in [6.45, 7) is 1.77. The van der Waals surface area contributed by atoms with Crippen molar-refractivity contribution in [2.75, 3.05) is 0 Å². The summed E-state index contributed by atoms with van der Waals surface area (Å²) in [5.41, 5.74) is 2.10. The molecule has 4 aromatic rings. The Balaban J connectivity index is 2.07. The number of hydrogen-bond acceptors (Lipinski definition) is 5. The number of hydrogen-bond donors (Lipinski definition) is 0. The van der Waals surface area contributed by atoms with E-state index in [1.165, 1.54) is 0 Å². The molecular weight excluding hydrogens is 348 g/mol. The van der Waals surface area contributed by atoms with Crippen molar-refractivity contribution in [3.63, 3.8) is 0 Å². The minimum atomic E-state index is -0.120. The molecule has 0 aliphatic heterocycles. The summed E-state index contributed by atoms with van der Waals surface area (Å²) in [5, 5.41) is 0.597. The molecule has 1 aliphatic carbocycles. The molecule has 0 saturated carbocycles. The van der Waals surface area contributed by atoms with E-state index in [0.29, 0.717) is 27.5 Å². The van der Waals surface area contributed by atoms with Crippen LogP contribution in [0.15, 0.2) is 39.5 Å². The van der Waals surface area contributed by atoms with E-state index in [1.54, 1.807) is 15.9 Å². The molecule has 7 heteroatoms. The Kier molecular flexibility index (Phi) is 3.33. The van der Waals surface area contributed by atoms with Crippen molar-refractivity contribution in [1.82, 2.24) is 18.9 Å². The van der Waals surface area contributed by atoms with E-state index >= 15 is 0 Å². The molecule has 5 rings (SSSR count). The van der Waals surface area contributed by atoms with Crippen LogP contribution in [0.25, 0.3) is 22.6 Å². The Morgan fingerprint density at radius 1 is 1.12 bits per heavy atom. The summed E-state index contributed by atoms with van der Waals surface area (Å²) in [4.78, 5) is 22.3. The molecule has 130 valence electrons. The average molecular weight is 364 g/mol. The van der Waals surface area contributed by atoms with Crippen LogP contribution >= 0.6 is 12.2 Å². The third-order valence-corrected chi connectivity index (χ3v) is 5.17. The Morgan fingerprint density at radius 2 is 1.88 bits per heavy atom. The van der Waals surface area contributed by atoms with Gasteiger partial charge >= 0.3 is 0 Å². The Bertz CT molecular complexity index is 1280. The lowest BCUT2D eigenvalue weighted by molar-refractivity contribution is 0.495. The van der Waals surface area contributed by atoms with Crippen LogP contribution in [0.4, 0.5) is 0 Å². The van der Waals surface area contributed by atoms with Gasteiger partial charge in [-0.15, -0.1) is 0 Å². The van der Waals surface area contributed by atoms with Crippen molar-refractivity contribution in [1.29, 1.82) is 0 Å². The molecule has 0 fully saturated rings. The zero-order chi connectivity index (χ0) is 17.8. The normalized spacial score (nSPS) is 14.0. The Hall–Kier alpha value is -2.80. The highest BCUT2D eigenvalue weighted by atomic mass is 32.1. The van der Waals surface area contributed by atoms with Crippen molar-refractivity contribution in [2.45, 2.75) is 32.6 Å². The number of para-hydroxylation sites is 1. The summed E-state index contributed by atoms with van der Waals surface area (Å²) < 4.78 is 9.73. The predicted molar refractivity (Wildman–Crippen MR) is 101 cm³/mol. The summed E-state index contributed by atoms with van der Waals surface area (Å²) in [6, 6.07) is 9.49. The van der Waals surface area contributed by atoms with Crippen LogP contribution in [0.1, 0.15) is 30.0 Å². The molecule has 1 aliphatic rings. The van der Waals surface area contributed by atoms with E-state index in [9.17, 15) is 4.79 Å². The summed E-state index contributed by atoms with van der Waals surface area (Å²) in [6.07, 6.45) is 3.81. The molecule has 3 aromatic heterocycles. The molecule has 0 amide bonds. The molecule has 1 aromatic carbocycles. The Morgan fingerprint density at radius 3 is 2.69 bits per heavy atom. The van der Waals surface area contributed by atoms with Crippen molar-refractivity contribution >= 4 is 29.1 Å². The van der Waals surface area contributed by atoms with E-state index < -0.39 is 0 Å². The van der Waals surface area contributed by atoms with Crippen molar-refractivity contribution in [2.24, 2.45) is 0 Å². The number of aryl methyl sites for hydroxylation is 3. The highest BCUT2D eigenvalue weighted by Gasteiger charge is 2.25. The van der Waals surface area contributed by atoms with E-state index in [-0.39, 0.29) is 5.56 Å². The van der Waals surface area contributed by atoms with Crippen molar-refractivity contribution < 1.29 is 4.42 Å². The van der Waals surface area contributed by atoms with Gasteiger partial charge in [0, 0.05) is 12.0 Å². The molecule has 0 saturated heterocycles. The third-order valence-electron chi connectivity index (χ3n) is 4.90. The van der Waals surface area contributed by atoms with Crippen LogP contribution in [0.5, 0.6) is 0 Å². The molecular formula is C19H16N4O2S. The van der Waals surface area contributed by atoms with Gasteiger partial charge in [-0.2, -0.15) is 4.98 Å². The first-order valence-electron chi connectivity index (χ1n) is 8.67. The van der Waals surface area contributed by atoms with Crippen molar-refractivity contribution in [3.05, 3.63) is 62.6 Å². The van der Waals surface area contributed by atoms with Crippen molar-refractivity contribution in [3.8, 4) is 5.69 Å². The standard InChI is InChI=1S/C19H16N4O2S/c1-11-20-18-22(12-7-3-2-4-8-12)16(24)15-13-9-5-6-10-14(13)25-17(15)23(18)19(26)21-11/h2-4,7-8H,5-6,9-10H2,1H3. The van der Waals surface area contributed by atoms with E-state index in [2.05, 4.69) is 9.97 Å². The largest absolute Gasteiger partial charge is 0.443 e. The number of aromatic nitrogens is 4. The van der Waals surface area contributed by atoms with Gasteiger partial charge in [0.15, 0.2) is 0 Å². The monoisotopic (exact) mass is 364 g/mol. The number of nitrogens with zero attached hydrogens (tertiary/aromatic N) is 4. The summed E-state index contributed by atoms with van der Waals surface area (Å²) in [7, 11) is 0. The van der Waals surface area contributed by atoms with E-state index in [1.807, 2.05) is 30.3 Å². The fraction of sp³-hybridized carbons (Fsp3) is 0.263. The number of furan rings is 1. The molecule has 26 heavy (non-hydrogen) atoms.